The van der Waals surface area contributed by atoms with Crippen molar-refractivity contribution in [3.63, 3.8) is 0 Å². The Morgan fingerprint density at radius 2 is 2.12 bits per heavy atom. The van der Waals surface area contributed by atoms with Crippen molar-refractivity contribution >= 4 is 21.9 Å². The van der Waals surface area contributed by atoms with E-state index in [1.807, 2.05) is 18.2 Å². The average molecular weight is 295 g/mol. The van der Waals surface area contributed by atoms with Crippen LogP contribution in [0.1, 0.15) is 21.7 Å². The number of carbonyl (C=O) groups is 1. The van der Waals surface area contributed by atoms with Gasteiger partial charge in [0.05, 0.1) is 11.8 Å². The molecule has 88 valence electrons. The van der Waals surface area contributed by atoms with Crippen molar-refractivity contribution < 1.29 is 14.3 Å². The molecular formula is C13H11BrO3. The van der Waals surface area contributed by atoms with Gasteiger partial charge in [0.15, 0.2) is 0 Å². The zero-order chi connectivity index (χ0) is 12.3. The molecule has 0 aliphatic rings. The first-order valence-electron chi connectivity index (χ1n) is 5.21. The number of aryl methyl sites for hydroxylation is 2. The first kappa shape index (κ1) is 11.9. The predicted octanol–water partition coefficient (Wildman–Crippen LogP) is 3.53. The highest BCUT2D eigenvalue weighted by molar-refractivity contribution is 9.10. The largest absolute Gasteiger partial charge is 0.478 e. The van der Waals surface area contributed by atoms with Gasteiger partial charge in [-0.2, -0.15) is 0 Å². The SMILES string of the molecule is O=C(O)c1ccc(Br)cc1CCc1ccco1. The minimum Gasteiger partial charge on any atom is -0.478 e. The van der Waals surface area contributed by atoms with E-state index >= 15 is 0 Å². The van der Waals surface area contributed by atoms with E-state index in [-0.39, 0.29) is 0 Å². The Hall–Kier alpha value is -1.55. The molecule has 1 N–H and O–H groups in total. The molecule has 0 amide bonds. The summed E-state index contributed by atoms with van der Waals surface area (Å²) in [6.45, 7) is 0. The highest BCUT2D eigenvalue weighted by atomic mass is 79.9. The normalized spacial score (nSPS) is 10.4. The fourth-order valence-corrected chi connectivity index (χ4v) is 2.10. The second kappa shape index (κ2) is 5.19. The van der Waals surface area contributed by atoms with Crippen molar-refractivity contribution in [3.8, 4) is 0 Å². The first-order valence-corrected chi connectivity index (χ1v) is 6.00. The van der Waals surface area contributed by atoms with Gasteiger partial charge in [-0.25, -0.2) is 4.79 Å². The molecule has 1 aromatic heterocycles. The predicted molar refractivity (Wildman–Crippen MR) is 67.2 cm³/mol. The second-order valence-corrected chi connectivity index (χ2v) is 4.60. The number of carboxylic acids is 1. The van der Waals surface area contributed by atoms with E-state index in [1.165, 1.54) is 0 Å². The summed E-state index contributed by atoms with van der Waals surface area (Å²) >= 11 is 3.35. The van der Waals surface area contributed by atoms with E-state index in [9.17, 15) is 4.79 Å². The number of benzene rings is 1. The third kappa shape index (κ3) is 2.97. The lowest BCUT2D eigenvalue weighted by Crippen LogP contribution is -2.03. The van der Waals surface area contributed by atoms with Crippen LogP contribution < -0.4 is 0 Å². The Morgan fingerprint density at radius 1 is 1.29 bits per heavy atom. The second-order valence-electron chi connectivity index (χ2n) is 3.69. The van der Waals surface area contributed by atoms with E-state index in [1.54, 1.807) is 18.4 Å². The van der Waals surface area contributed by atoms with Gasteiger partial charge in [0.25, 0.3) is 0 Å². The molecule has 0 aliphatic heterocycles. The molecule has 4 heteroatoms. The minimum absolute atomic E-state index is 0.347. The molecule has 17 heavy (non-hydrogen) atoms. The molecule has 2 rings (SSSR count). The zero-order valence-electron chi connectivity index (χ0n) is 9.02. The van der Waals surface area contributed by atoms with Crippen LogP contribution in [0.5, 0.6) is 0 Å². The number of hydrogen-bond acceptors (Lipinski definition) is 2. The molecule has 0 fully saturated rings. The number of aromatic carboxylic acids is 1. The molecule has 0 saturated heterocycles. The highest BCUT2D eigenvalue weighted by Crippen LogP contribution is 2.19. The van der Waals surface area contributed by atoms with Crippen LogP contribution >= 0.6 is 15.9 Å². The van der Waals surface area contributed by atoms with Crippen molar-refractivity contribution in [1.82, 2.24) is 0 Å². The fraction of sp³-hybridized carbons (Fsp3) is 0.154. The van der Waals surface area contributed by atoms with Crippen molar-refractivity contribution in [2.45, 2.75) is 12.8 Å². The summed E-state index contributed by atoms with van der Waals surface area (Å²) in [6.07, 6.45) is 2.96. The van der Waals surface area contributed by atoms with Crippen molar-refractivity contribution in [2.75, 3.05) is 0 Å². The quantitative estimate of drug-likeness (QED) is 0.938. The number of hydrogen-bond donors (Lipinski definition) is 1. The van der Waals surface area contributed by atoms with Gasteiger partial charge < -0.3 is 9.52 Å². The Morgan fingerprint density at radius 3 is 2.76 bits per heavy atom. The highest BCUT2D eigenvalue weighted by Gasteiger charge is 2.10. The molecule has 0 bridgehead atoms. The smallest absolute Gasteiger partial charge is 0.335 e. The van der Waals surface area contributed by atoms with E-state index in [0.29, 0.717) is 18.4 Å². The molecule has 1 aromatic carbocycles. The molecule has 3 nitrogen and oxygen atoms in total. The maximum absolute atomic E-state index is 11.1. The first-order chi connectivity index (χ1) is 8.16. The van der Waals surface area contributed by atoms with E-state index in [4.69, 9.17) is 9.52 Å². The minimum atomic E-state index is -0.896. The molecule has 0 saturated carbocycles. The van der Waals surface area contributed by atoms with Gasteiger partial charge >= 0.3 is 5.97 Å². The number of halogens is 1. The maximum Gasteiger partial charge on any atom is 0.335 e. The zero-order valence-corrected chi connectivity index (χ0v) is 10.6. The van der Waals surface area contributed by atoms with Crippen LogP contribution in [0.25, 0.3) is 0 Å². The van der Waals surface area contributed by atoms with Gasteiger partial charge in [-0.1, -0.05) is 15.9 Å². The van der Waals surface area contributed by atoms with Crippen LogP contribution in [-0.4, -0.2) is 11.1 Å². The van der Waals surface area contributed by atoms with Crippen molar-refractivity contribution in [3.05, 3.63) is 58.0 Å². The van der Waals surface area contributed by atoms with E-state index in [0.717, 1.165) is 15.8 Å². The van der Waals surface area contributed by atoms with Crippen LogP contribution in [-0.2, 0) is 12.8 Å². The van der Waals surface area contributed by atoms with Crippen LogP contribution in [0.3, 0.4) is 0 Å². The number of rotatable bonds is 4. The Kier molecular flexibility index (Phi) is 3.64. The molecule has 0 unspecified atom stereocenters. The molecule has 1 heterocycles. The van der Waals surface area contributed by atoms with Crippen molar-refractivity contribution in [2.24, 2.45) is 0 Å². The number of carboxylic acid groups (broad SMARTS) is 1. The van der Waals surface area contributed by atoms with E-state index in [2.05, 4.69) is 15.9 Å². The van der Waals surface area contributed by atoms with Gasteiger partial charge in [0.1, 0.15) is 5.76 Å². The molecular weight excluding hydrogens is 284 g/mol. The summed E-state index contributed by atoms with van der Waals surface area (Å²) in [6, 6.07) is 8.91. The van der Waals surface area contributed by atoms with Gasteiger partial charge in [-0.3, -0.25) is 0 Å². The Bertz CT molecular complexity index is 517. The third-order valence-corrected chi connectivity index (χ3v) is 3.01. The average Bonchev–Trinajstić information content (AvgIpc) is 2.78. The lowest BCUT2D eigenvalue weighted by atomic mass is 10.0. The lowest BCUT2D eigenvalue weighted by Gasteiger charge is -2.05. The summed E-state index contributed by atoms with van der Waals surface area (Å²) in [5.74, 6) is -0.0340. The van der Waals surface area contributed by atoms with Crippen molar-refractivity contribution in [1.29, 1.82) is 0 Å². The summed E-state index contributed by atoms with van der Waals surface area (Å²) in [5, 5.41) is 9.07. The molecule has 0 radical (unpaired) electrons. The topological polar surface area (TPSA) is 50.4 Å². The summed E-state index contributed by atoms with van der Waals surface area (Å²) in [5.41, 5.74) is 1.16. The summed E-state index contributed by atoms with van der Waals surface area (Å²) in [4.78, 5) is 11.1. The third-order valence-electron chi connectivity index (χ3n) is 2.52. The fourth-order valence-electron chi connectivity index (χ4n) is 1.69. The van der Waals surface area contributed by atoms with Crippen LogP contribution in [0, 0.1) is 0 Å². The van der Waals surface area contributed by atoms with Gasteiger partial charge in [0, 0.05) is 10.9 Å². The van der Waals surface area contributed by atoms with E-state index < -0.39 is 5.97 Å². The number of furan rings is 1. The van der Waals surface area contributed by atoms with Gasteiger partial charge in [-0.05, 0) is 42.3 Å². The molecule has 0 atom stereocenters. The van der Waals surface area contributed by atoms with Crippen LogP contribution in [0.4, 0.5) is 0 Å². The Balaban J connectivity index is 2.19. The lowest BCUT2D eigenvalue weighted by molar-refractivity contribution is 0.0695. The van der Waals surface area contributed by atoms with Gasteiger partial charge in [-0.15, -0.1) is 0 Å². The van der Waals surface area contributed by atoms with Gasteiger partial charge in [0.2, 0.25) is 0 Å². The molecule has 0 aliphatic carbocycles. The summed E-state index contributed by atoms with van der Waals surface area (Å²) < 4.78 is 6.11. The standard InChI is InChI=1S/C13H11BrO3/c14-10-4-6-12(13(15)16)9(8-10)3-5-11-2-1-7-17-11/h1-2,4,6-8H,3,5H2,(H,15,16). The molecule has 0 spiro atoms. The summed E-state index contributed by atoms with van der Waals surface area (Å²) in [7, 11) is 0. The van der Waals surface area contributed by atoms with Crippen LogP contribution in [0.2, 0.25) is 0 Å². The molecule has 2 aromatic rings. The monoisotopic (exact) mass is 294 g/mol. The van der Waals surface area contributed by atoms with Crippen LogP contribution in [0.15, 0.2) is 45.5 Å². The maximum atomic E-state index is 11.1. The Labute approximate surface area is 107 Å².